The van der Waals surface area contributed by atoms with Crippen molar-refractivity contribution < 1.29 is 4.52 Å². The highest BCUT2D eigenvalue weighted by atomic mass is 35.5. The van der Waals surface area contributed by atoms with Crippen molar-refractivity contribution in [2.75, 3.05) is 13.1 Å². The molecule has 0 aliphatic heterocycles. The first-order valence-corrected chi connectivity index (χ1v) is 7.47. The minimum atomic E-state index is 0.346. The molecule has 2 heterocycles. The van der Waals surface area contributed by atoms with Crippen molar-refractivity contribution in [1.29, 1.82) is 0 Å². The summed E-state index contributed by atoms with van der Waals surface area (Å²) >= 11 is 5.76. The third kappa shape index (κ3) is 5.33. The topological polar surface area (TPSA) is 88.2 Å². The van der Waals surface area contributed by atoms with Crippen LogP contribution in [0.15, 0.2) is 27.8 Å². The second kappa shape index (κ2) is 8.33. The summed E-state index contributed by atoms with van der Waals surface area (Å²) in [5.74, 6) is 1.82. The first kappa shape index (κ1) is 16.2. The van der Waals surface area contributed by atoms with E-state index in [0.29, 0.717) is 29.4 Å². The Morgan fingerprint density at radius 3 is 2.86 bits per heavy atom. The molecule has 2 aromatic rings. The number of hydrogen-bond acceptors (Lipinski definition) is 5. The molecule has 0 radical (unpaired) electrons. The van der Waals surface area contributed by atoms with Crippen LogP contribution < -0.4 is 10.6 Å². The molecule has 0 spiro atoms. The van der Waals surface area contributed by atoms with Crippen LogP contribution in [0.4, 0.5) is 0 Å². The fourth-order valence-corrected chi connectivity index (χ4v) is 1.88. The van der Waals surface area contributed by atoms with Crippen molar-refractivity contribution in [3.8, 4) is 0 Å². The van der Waals surface area contributed by atoms with Gasteiger partial charge in [-0.05, 0) is 31.9 Å². The van der Waals surface area contributed by atoms with Crippen LogP contribution in [0.25, 0.3) is 0 Å². The number of pyridine rings is 1. The van der Waals surface area contributed by atoms with Crippen LogP contribution in [0, 0.1) is 6.92 Å². The molecule has 8 heteroatoms. The molecule has 2 N–H and O–H groups in total. The molecule has 2 aromatic heterocycles. The maximum absolute atomic E-state index is 5.76. The van der Waals surface area contributed by atoms with E-state index < -0.39 is 0 Å². The molecule has 118 valence electrons. The predicted octanol–water partition coefficient (Wildman–Crippen LogP) is 1.72. The van der Waals surface area contributed by atoms with E-state index in [1.165, 1.54) is 0 Å². The van der Waals surface area contributed by atoms with Gasteiger partial charge in [0.1, 0.15) is 11.7 Å². The lowest BCUT2D eigenvalue weighted by atomic mass is 10.2. The monoisotopic (exact) mass is 322 g/mol. The lowest BCUT2D eigenvalue weighted by molar-refractivity contribution is 0.376. The number of nitrogens with zero attached hydrogens (tertiary/aromatic N) is 4. The molecule has 7 nitrogen and oxygen atoms in total. The van der Waals surface area contributed by atoms with Gasteiger partial charge in [0.15, 0.2) is 11.8 Å². The molecule has 0 saturated heterocycles. The van der Waals surface area contributed by atoms with Gasteiger partial charge in [-0.15, -0.1) is 0 Å². The number of aliphatic imine (C=N–C) groups is 1. The maximum Gasteiger partial charge on any atom is 0.248 e. The van der Waals surface area contributed by atoms with Crippen LogP contribution in [0.3, 0.4) is 0 Å². The normalized spacial score (nSPS) is 11.5. The average molecular weight is 323 g/mol. The van der Waals surface area contributed by atoms with Gasteiger partial charge in [-0.1, -0.05) is 22.8 Å². The largest absolute Gasteiger partial charge is 0.357 e. The highest BCUT2D eigenvalue weighted by Gasteiger charge is 2.03. The van der Waals surface area contributed by atoms with E-state index >= 15 is 0 Å². The zero-order chi connectivity index (χ0) is 15.8. The molecule has 0 fully saturated rings. The van der Waals surface area contributed by atoms with Gasteiger partial charge in [-0.3, -0.25) is 0 Å². The first-order valence-electron chi connectivity index (χ1n) is 7.09. The van der Waals surface area contributed by atoms with E-state index in [4.69, 9.17) is 16.1 Å². The minimum absolute atomic E-state index is 0.346. The lowest BCUT2D eigenvalue weighted by Crippen LogP contribution is -2.38. The lowest BCUT2D eigenvalue weighted by Gasteiger charge is -2.10. The van der Waals surface area contributed by atoms with Crippen molar-refractivity contribution in [3.63, 3.8) is 0 Å². The Balaban J connectivity index is 1.84. The molecule has 0 atom stereocenters. The van der Waals surface area contributed by atoms with Crippen molar-refractivity contribution in [3.05, 3.63) is 40.8 Å². The van der Waals surface area contributed by atoms with E-state index in [9.17, 15) is 0 Å². The third-order valence-electron chi connectivity index (χ3n) is 2.78. The fraction of sp³-hybridized carbons (Fsp3) is 0.429. The number of aromatic nitrogens is 3. The highest BCUT2D eigenvalue weighted by molar-refractivity contribution is 6.29. The Morgan fingerprint density at radius 1 is 1.36 bits per heavy atom. The number of rotatable bonds is 6. The second-order valence-corrected chi connectivity index (χ2v) is 4.98. The summed E-state index contributed by atoms with van der Waals surface area (Å²) in [6.07, 6.45) is 2.60. The number of halogens is 1. The van der Waals surface area contributed by atoms with E-state index in [0.717, 1.165) is 25.1 Å². The summed E-state index contributed by atoms with van der Waals surface area (Å²) in [6, 6.07) is 3.75. The number of aryl methyl sites for hydroxylation is 1. The average Bonchev–Trinajstić information content (AvgIpc) is 2.92. The van der Waals surface area contributed by atoms with Gasteiger partial charge in [-0.25, -0.2) is 9.98 Å². The number of nitrogens with one attached hydrogen (secondary N) is 2. The first-order chi connectivity index (χ1) is 10.7. The van der Waals surface area contributed by atoms with Crippen LogP contribution in [0.1, 0.15) is 24.2 Å². The molecular weight excluding hydrogens is 304 g/mol. The number of hydrogen-bond donors (Lipinski definition) is 2. The second-order valence-electron chi connectivity index (χ2n) is 4.60. The van der Waals surface area contributed by atoms with Gasteiger partial charge >= 0.3 is 0 Å². The maximum atomic E-state index is 5.76. The van der Waals surface area contributed by atoms with Crippen molar-refractivity contribution >= 4 is 17.6 Å². The molecule has 0 aromatic carbocycles. The zero-order valence-electron chi connectivity index (χ0n) is 12.6. The van der Waals surface area contributed by atoms with Gasteiger partial charge in [0, 0.05) is 19.3 Å². The van der Waals surface area contributed by atoms with E-state index in [-0.39, 0.29) is 0 Å². The molecule has 22 heavy (non-hydrogen) atoms. The van der Waals surface area contributed by atoms with Gasteiger partial charge in [0.2, 0.25) is 5.89 Å². The van der Waals surface area contributed by atoms with Gasteiger partial charge < -0.3 is 15.2 Å². The Kier molecular flexibility index (Phi) is 6.14. The third-order valence-corrected chi connectivity index (χ3v) is 3.00. The van der Waals surface area contributed by atoms with Crippen LogP contribution in [0.2, 0.25) is 5.15 Å². The summed E-state index contributed by atoms with van der Waals surface area (Å²) in [6.45, 7) is 5.64. The molecule has 0 aliphatic rings. The summed E-state index contributed by atoms with van der Waals surface area (Å²) in [7, 11) is 0. The van der Waals surface area contributed by atoms with E-state index in [2.05, 4.69) is 30.8 Å². The summed E-state index contributed by atoms with van der Waals surface area (Å²) in [5, 5.41) is 10.7. The van der Waals surface area contributed by atoms with Gasteiger partial charge in [-0.2, -0.15) is 4.98 Å². The van der Waals surface area contributed by atoms with Crippen LogP contribution in [-0.2, 0) is 13.0 Å². The van der Waals surface area contributed by atoms with Gasteiger partial charge in [0.25, 0.3) is 0 Å². The van der Waals surface area contributed by atoms with Crippen LogP contribution in [-0.4, -0.2) is 34.2 Å². The minimum Gasteiger partial charge on any atom is -0.357 e. The standard InChI is InChI=1S/C14H19ClN6O/c1-3-16-14(19-9-13-20-10(2)21-22-13)17-7-6-11-4-5-12(15)18-8-11/h4-5,8H,3,6-7,9H2,1-2H3,(H2,16,17,19). The zero-order valence-corrected chi connectivity index (χ0v) is 13.4. The van der Waals surface area contributed by atoms with Gasteiger partial charge in [0.05, 0.1) is 0 Å². The van der Waals surface area contributed by atoms with Crippen molar-refractivity contribution in [2.24, 2.45) is 4.99 Å². The van der Waals surface area contributed by atoms with E-state index in [1.807, 2.05) is 13.0 Å². The van der Waals surface area contributed by atoms with Crippen molar-refractivity contribution in [2.45, 2.75) is 26.8 Å². The predicted molar refractivity (Wildman–Crippen MR) is 84.8 cm³/mol. The SMILES string of the molecule is CCNC(=NCc1nc(C)no1)NCCc1ccc(Cl)nc1. The van der Waals surface area contributed by atoms with Crippen LogP contribution >= 0.6 is 11.6 Å². The Hall–Kier alpha value is -2.15. The molecule has 0 aliphatic carbocycles. The summed E-state index contributed by atoms with van der Waals surface area (Å²) < 4.78 is 5.03. The van der Waals surface area contributed by atoms with Crippen LogP contribution in [0.5, 0.6) is 0 Å². The number of guanidine groups is 1. The molecule has 2 rings (SSSR count). The molecular formula is C14H19ClN6O. The highest BCUT2D eigenvalue weighted by Crippen LogP contribution is 2.05. The Bertz CT molecular complexity index is 610. The summed E-state index contributed by atoms with van der Waals surface area (Å²) in [4.78, 5) is 12.6. The quantitative estimate of drug-likeness (QED) is 0.478. The Morgan fingerprint density at radius 2 is 2.23 bits per heavy atom. The molecule has 0 bridgehead atoms. The molecule has 0 saturated carbocycles. The van der Waals surface area contributed by atoms with E-state index in [1.54, 1.807) is 19.2 Å². The summed E-state index contributed by atoms with van der Waals surface area (Å²) in [5.41, 5.74) is 1.11. The van der Waals surface area contributed by atoms with Crippen molar-refractivity contribution in [1.82, 2.24) is 25.8 Å². The molecule has 0 unspecified atom stereocenters. The fourth-order valence-electron chi connectivity index (χ4n) is 1.77. The smallest absolute Gasteiger partial charge is 0.248 e. The Labute approximate surface area is 134 Å². The molecule has 0 amide bonds.